The number of ether oxygens (including phenoxy) is 2. The lowest BCUT2D eigenvalue weighted by Gasteiger charge is -2.07. The Morgan fingerprint density at radius 1 is 1.15 bits per heavy atom. The highest BCUT2D eigenvalue weighted by Gasteiger charge is 2.14. The Labute approximate surface area is 160 Å². The van der Waals surface area contributed by atoms with Gasteiger partial charge in [0.15, 0.2) is 16.8 Å². The Morgan fingerprint density at radius 3 is 2.54 bits per heavy atom. The summed E-state index contributed by atoms with van der Waals surface area (Å²) in [5.74, 6) is 2.65. The van der Waals surface area contributed by atoms with Crippen LogP contribution in [0.15, 0.2) is 41.6 Å². The number of ketones is 1. The van der Waals surface area contributed by atoms with Crippen molar-refractivity contribution in [1.82, 2.24) is 14.8 Å². The number of carbonyl (C=O) groups is 1. The third-order valence-electron chi connectivity index (χ3n) is 3.70. The minimum Gasteiger partial charge on any atom is -0.497 e. The van der Waals surface area contributed by atoms with Gasteiger partial charge in [0, 0.05) is 11.9 Å². The first-order valence-electron chi connectivity index (χ1n) is 7.94. The van der Waals surface area contributed by atoms with E-state index in [1.807, 2.05) is 54.9 Å². The third-order valence-corrected chi connectivity index (χ3v) is 5.76. The lowest BCUT2D eigenvalue weighted by molar-refractivity contribution is 0.102. The molecule has 0 fully saturated rings. The smallest absolute Gasteiger partial charge is 0.191 e. The van der Waals surface area contributed by atoms with Crippen LogP contribution in [-0.4, -0.2) is 33.4 Å². The van der Waals surface area contributed by atoms with E-state index in [9.17, 15) is 4.79 Å². The van der Waals surface area contributed by atoms with Crippen molar-refractivity contribution in [2.24, 2.45) is 7.05 Å². The van der Waals surface area contributed by atoms with E-state index in [0.717, 1.165) is 21.3 Å². The molecule has 0 radical (unpaired) electrons. The average Bonchev–Trinajstić information content (AvgIpc) is 3.24. The SMILES string of the molecule is COc1ccc(OCc2nnc(SCC(=O)c3ccc(C)s3)n2C)cc1. The van der Waals surface area contributed by atoms with Gasteiger partial charge < -0.3 is 14.0 Å². The molecule has 2 heterocycles. The molecule has 1 aromatic carbocycles. The van der Waals surface area contributed by atoms with Crippen LogP contribution >= 0.6 is 23.1 Å². The van der Waals surface area contributed by atoms with Crippen LogP contribution in [0.2, 0.25) is 0 Å². The Bertz CT molecular complexity index is 887. The van der Waals surface area contributed by atoms with Crippen molar-refractivity contribution in [2.75, 3.05) is 12.9 Å². The van der Waals surface area contributed by atoms with Crippen LogP contribution in [0.5, 0.6) is 11.5 Å². The summed E-state index contributed by atoms with van der Waals surface area (Å²) in [6.45, 7) is 2.29. The number of Topliss-reactive ketones (excluding diaryl/α,β-unsaturated/α-hetero) is 1. The summed E-state index contributed by atoms with van der Waals surface area (Å²) in [7, 11) is 3.49. The van der Waals surface area contributed by atoms with Gasteiger partial charge in [-0.2, -0.15) is 0 Å². The summed E-state index contributed by atoms with van der Waals surface area (Å²) in [5.41, 5.74) is 0. The second kappa shape index (κ2) is 8.37. The fourth-order valence-electron chi connectivity index (χ4n) is 2.20. The first-order chi connectivity index (χ1) is 12.6. The predicted molar refractivity (Wildman–Crippen MR) is 102 cm³/mol. The molecule has 2 aromatic heterocycles. The number of aryl methyl sites for hydroxylation is 1. The highest BCUT2D eigenvalue weighted by atomic mass is 32.2. The van der Waals surface area contributed by atoms with Gasteiger partial charge in [0.1, 0.15) is 18.1 Å². The van der Waals surface area contributed by atoms with Crippen molar-refractivity contribution in [1.29, 1.82) is 0 Å². The first-order valence-corrected chi connectivity index (χ1v) is 9.74. The van der Waals surface area contributed by atoms with Gasteiger partial charge in [0.2, 0.25) is 0 Å². The van der Waals surface area contributed by atoms with Gasteiger partial charge in [-0.05, 0) is 43.3 Å². The van der Waals surface area contributed by atoms with Crippen molar-refractivity contribution in [3.8, 4) is 11.5 Å². The molecule has 0 unspecified atom stereocenters. The van der Waals surface area contributed by atoms with Crippen LogP contribution in [-0.2, 0) is 13.7 Å². The van der Waals surface area contributed by atoms with Crippen LogP contribution in [0, 0.1) is 6.92 Å². The molecule has 3 aromatic rings. The Kier molecular flexibility index (Phi) is 5.95. The number of hydrogen-bond acceptors (Lipinski definition) is 7. The van der Waals surface area contributed by atoms with Crippen molar-refractivity contribution < 1.29 is 14.3 Å². The quantitative estimate of drug-likeness (QED) is 0.432. The zero-order chi connectivity index (χ0) is 18.5. The van der Waals surface area contributed by atoms with Crippen molar-refractivity contribution in [3.63, 3.8) is 0 Å². The summed E-state index contributed by atoms with van der Waals surface area (Å²) in [6.07, 6.45) is 0. The number of aromatic nitrogens is 3. The number of benzene rings is 1. The molecule has 0 bridgehead atoms. The number of carbonyl (C=O) groups excluding carboxylic acids is 1. The summed E-state index contributed by atoms with van der Waals surface area (Å²) >= 11 is 2.90. The topological polar surface area (TPSA) is 66.2 Å². The number of methoxy groups -OCH3 is 1. The Balaban J connectivity index is 1.56. The normalized spacial score (nSPS) is 10.7. The van der Waals surface area contributed by atoms with Gasteiger partial charge >= 0.3 is 0 Å². The van der Waals surface area contributed by atoms with Gasteiger partial charge in [-0.25, -0.2) is 0 Å². The lowest BCUT2D eigenvalue weighted by atomic mass is 10.3. The van der Waals surface area contributed by atoms with Crippen molar-refractivity contribution >= 4 is 28.9 Å². The van der Waals surface area contributed by atoms with E-state index >= 15 is 0 Å². The molecule has 0 atom stereocenters. The van der Waals surface area contributed by atoms with Crippen LogP contribution < -0.4 is 9.47 Å². The highest BCUT2D eigenvalue weighted by Crippen LogP contribution is 2.22. The van der Waals surface area contributed by atoms with E-state index in [1.165, 1.54) is 23.1 Å². The number of hydrogen-bond donors (Lipinski definition) is 0. The highest BCUT2D eigenvalue weighted by molar-refractivity contribution is 7.99. The minimum atomic E-state index is 0.104. The molecule has 0 aliphatic rings. The van der Waals surface area contributed by atoms with Crippen LogP contribution in [0.3, 0.4) is 0 Å². The second-order valence-electron chi connectivity index (χ2n) is 5.54. The van der Waals surface area contributed by atoms with Gasteiger partial charge in [0.25, 0.3) is 0 Å². The number of rotatable bonds is 8. The largest absolute Gasteiger partial charge is 0.497 e. The number of nitrogens with zero attached hydrogens (tertiary/aromatic N) is 3. The van der Waals surface area contributed by atoms with Crippen LogP contribution in [0.25, 0.3) is 0 Å². The molecule has 136 valence electrons. The van der Waals surface area contributed by atoms with Crippen molar-refractivity contribution in [3.05, 3.63) is 52.0 Å². The predicted octanol–water partition coefficient (Wildman–Crippen LogP) is 3.75. The summed E-state index contributed by atoms with van der Waals surface area (Å²) in [5, 5.41) is 9.00. The van der Waals surface area contributed by atoms with E-state index in [0.29, 0.717) is 23.3 Å². The first kappa shape index (κ1) is 18.5. The van der Waals surface area contributed by atoms with Gasteiger partial charge in [0.05, 0.1) is 17.7 Å². The maximum absolute atomic E-state index is 12.2. The van der Waals surface area contributed by atoms with E-state index in [1.54, 1.807) is 7.11 Å². The van der Waals surface area contributed by atoms with Gasteiger partial charge in [-0.15, -0.1) is 21.5 Å². The van der Waals surface area contributed by atoms with Crippen LogP contribution in [0.4, 0.5) is 0 Å². The molecular formula is C18H19N3O3S2. The summed E-state index contributed by atoms with van der Waals surface area (Å²) in [4.78, 5) is 14.1. The van der Waals surface area contributed by atoms with Crippen molar-refractivity contribution in [2.45, 2.75) is 18.7 Å². The molecule has 0 spiro atoms. The molecular weight excluding hydrogens is 370 g/mol. The molecule has 0 aliphatic carbocycles. The molecule has 6 nitrogen and oxygen atoms in total. The number of thioether (sulfide) groups is 1. The van der Waals surface area contributed by atoms with Crippen LogP contribution in [0.1, 0.15) is 20.4 Å². The fourth-order valence-corrected chi connectivity index (χ4v) is 3.91. The maximum Gasteiger partial charge on any atom is 0.191 e. The molecule has 0 N–H and O–H groups in total. The molecule has 8 heteroatoms. The third kappa shape index (κ3) is 4.44. The van der Waals surface area contributed by atoms with E-state index in [-0.39, 0.29) is 5.78 Å². The lowest BCUT2D eigenvalue weighted by Crippen LogP contribution is -2.05. The molecule has 0 saturated carbocycles. The Morgan fingerprint density at radius 2 is 1.88 bits per heavy atom. The molecule has 0 saturated heterocycles. The van der Waals surface area contributed by atoms with E-state index < -0.39 is 0 Å². The fraction of sp³-hybridized carbons (Fsp3) is 0.278. The zero-order valence-corrected chi connectivity index (χ0v) is 16.4. The second-order valence-corrected chi connectivity index (χ2v) is 7.77. The molecule has 3 rings (SSSR count). The molecule has 0 amide bonds. The van der Waals surface area contributed by atoms with Gasteiger partial charge in [-0.1, -0.05) is 11.8 Å². The van der Waals surface area contributed by atoms with E-state index in [4.69, 9.17) is 9.47 Å². The van der Waals surface area contributed by atoms with Gasteiger partial charge in [-0.3, -0.25) is 4.79 Å². The average molecular weight is 390 g/mol. The Hall–Kier alpha value is -2.32. The monoisotopic (exact) mass is 389 g/mol. The number of thiophene rings is 1. The maximum atomic E-state index is 12.2. The zero-order valence-electron chi connectivity index (χ0n) is 14.8. The van der Waals surface area contributed by atoms with E-state index in [2.05, 4.69) is 10.2 Å². The summed E-state index contributed by atoms with van der Waals surface area (Å²) < 4.78 is 12.7. The standard InChI is InChI=1S/C18H19N3O3S2/c1-12-4-9-16(26-12)15(22)11-25-18-20-19-17(21(18)2)10-24-14-7-5-13(23-3)6-8-14/h4-9H,10-11H2,1-3H3. The molecule has 0 aliphatic heterocycles. The minimum absolute atomic E-state index is 0.104. The summed E-state index contributed by atoms with van der Waals surface area (Å²) in [6, 6.07) is 11.2. The molecule has 26 heavy (non-hydrogen) atoms.